The summed E-state index contributed by atoms with van der Waals surface area (Å²) in [6.07, 6.45) is 9.57. The molecule has 37 heavy (non-hydrogen) atoms. The highest BCUT2D eigenvalue weighted by molar-refractivity contribution is 6.01. The van der Waals surface area contributed by atoms with Gasteiger partial charge in [-0.1, -0.05) is 50.3 Å². The van der Waals surface area contributed by atoms with E-state index in [2.05, 4.69) is 10.2 Å². The zero-order valence-corrected chi connectivity index (χ0v) is 22.7. The van der Waals surface area contributed by atoms with Crippen LogP contribution in [0.1, 0.15) is 90.0 Å². The Hall–Kier alpha value is -2.57. The van der Waals surface area contributed by atoms with Gasteiger partial charge in [-0.15, -0.1) is 0 Å². The van der Waals surface area contributed by atoms with Crippen LogP contribution in [0.15, 0.2) is 24.3 Å². The number of nitrogens with one attached hydrogen (secondary N) is 1. The molecule has 5 rings (SSSR count). The summed E-state index contributed by atoms with van der Waals surface area (Å²) in [6.45, 7) is 7.71. The largest absolute Gasteiger partial charge is 0.444 e. The van der Waals surface area contributed by atoms with Crippen molar-refractivity contribution in [3.05, 3.63) is 29.8 Å². The number of hydrogen-bond acceptors (Lipinski definition) is 4. The zero-order valence-electron chi connectivity index (χ0n) is 22.7. The normalized spacial score (nSPS) is 26.4. The molecule has 3 fully saturated rings. The number of ether oxygens (including phenoxy) is 1. The van der Waals surface area contributed by atoms with Gasteiger partial charge < -0.3 is 19.9 Å². The Morgan fingerprint density at radius 3 is 2.43 bits per heavy atom. The molecule has 2 saturated carbocycles. The first kappa shape index (κ1) is 26.1. The lowest BCUT2D eigenvalue weighted by atomic mass is 9.79. The average molecular weight is 510 g/mol. The van der Waals surface area contributed by atoms with Crippen molar-refractivity contribution < 1.29 is 19.1 Å². The molecule has 7 heteroatoms. The number of amides is 3. The second kappa shape index (κ2) is 10.7. The maximum atomic E-state index is 14.0. The summed E-state index contributed by atoms with van der Waals surface area (Å²) in [7, 11) is 0. The Morgan fingerprint density at radius 1 is 1.03 bits per heavy atom. The van der Waals surface area contributed by atoms with Crippen molar-refractivity contribution in [1.29, 1.82) is 0 Å². The fourth-order valence-electron chi connectivity index (χ4n) is 6.63. The predicted molar refractivity (Wildman–Crippen MR) is 143 cm³/mol. The molecule has 1 aromatic carbocycles. The molecule has 0 aromatic heterocycles. The lowest BCUT2D eigenvalue weighted by molar-refractivity contribution is -0.136. The number of nitrogens with zero attached hydrogens (tertiary/aromatic N) is 2. The van der Waals surface area contributed by atoms with E-state index in [1.165, 1.54) is 32.1 Å². The Bertz CT molecular complexity index is 1010. The van der Waals surface area contributed by atoms with Crippen molar-refractivity contribution in [2.24, 2.45) is 17.8 Å². The highest BCUT2D eigenvalue weighted by Gasteiger charge is 2.44. The molecule has 0 spiro atoms. The van der Waals surface area contributed by atoms with E-state index in [9.17, 15) is 14.4 Å². The molecule has 1 aromatic rings. The van der Waals surface area contributed by atoms with Gasteiger partial charge in [-0.05, 0) is 69.4 Å². The van der Waals surface area contributed by atoms with E-state index in [1.54, 1.807) is 0 Å². The molecule has 2 heterocycles. The predicted octanol–water partition coefficient (Wildman–Crippen LogP) is 5.56. The number of anilines is 1. The summed E-state index contributed by atoms with van der Waals surface area (Å²) in [6, 6.07) is 7.92. The number of likely N-dealkylation sites (tertiary alicyclic amines) is 1. The number of benzene rings is 1. The van der Waals surface area contributed by atoms with Crippen molar-refractivity contribution in [2.45, 2.75) is 96.1 Å². The maximum absolute atomic E-state index is 14.0. The fraction of sp³-hybridized carbons (Fsp3) is 0.700. The lowest BCUT2D eigenvalue weighted by Crippen LogP contribution is -2.44. The van der Waals surface area contributed by atoms with Gasteiger partial charge in [-0.2, -0.15) is 0 Å². The van der Waals surface area contributed by atoms with Crippen LogP contribution < -0.4 is 5.32 Å². The zero-order chi connectivity index (χ0) is 26.2. The highest BCUT2D eigenvalue weighted by atomic mass is 16.6. The molecule has 202 valence electrons. The molecule has 7 nitrogen and oxygen atoms in total. The van der Waals surface area contributed by atoms with Gasteiger partial charge in [-0.25, -0.2) is 4.79 Å². The van der Waals surface area contributed by atoms with Crippen LogP contribution in [-0.4, -0.2) is 59.0 Å². The van der Waals surface area contributed by atoms with Crippen molar-refractivity contribution in [2.75, 3.05) is 25.0 Å². The molecule has 0 bridgehead atoms. The van der Waals surface area contributed by atoms with Crippen LogP contribution in [0.4, 0.5) is 10.5 Å². The van der Waals surface area contributed by atoms with Gasteiger partial charge in [0.15, 0.2) is 0 Å². The quantitative estimate of drug-likeness (QED) is 0.545. The second-order valence-electron chi connectivity index (χ2n) is 12.8. The molecule has 1 N–H and O–H groups in total. The Balaban J connectivity index is 1.34. The first-order valence-electron chi connectivity index (χ1n) is 14.3. The van der Waals surface area contributed by atoms with Gasteiger partial charge in [0.05, 0.1) is 5.92 Å². The number of fused-ring (bicyclic) bond motifs is 1. The van der Waals surface area contributed by atoms with E-state index in [0.29, 0.717) is 31.5 Å². The third-order valence-corrected chi connectivity index (χ3v) is 8.59. The molecule has 3 atom stereocenters. The second-order valence-corrected chi connectivity index (χ2v) is 12.8. The summed E-state index contributed by atoms with van der Waals surface area (Å²) in [5.74, 6) is 0.833. The summed E-state index contributed by atoms with van der Waals surface area (Å²) < 4.78 is 5.73. The highest BCUT2D eigenvalue weighted by Crippen LogP contribution is 2.40. The standard InChI is InChI=1S/C30H43N3O4/c1-30(2,3)37-29(36)32-17-21(15-20-9-5-4-6-10-20)22(18-32)19-33(23-13-14-23)28(35)25-16-27(34)31-26-12-8-7-11-24(25)26/h7-8,11-12,20-23,25H,4-6,9-10,13-19H2,1-3H3,(H,31,34). The number of rotatable bonds is 6. The Labute approximate surface area is 221 Å². The smallest absolute Gasteiger partial charge is 0.410 e. The Kier molecular flexibility index (Phi) is 7.51. The van der Waals surface area contributed by atoms with Gasteiger partial charge >= 0.3 is 6.09 Å². The third kappa shape index (κ3) is 6.29. The lowest BCUT2D eigenvalue weighted by Gasteiger charge is -2.34. The molecule has 3 unspecified atom stereocenters. The van der Waals surface area contributed by atoms with E-state index >= 15 is 0 Å². The minimum Gasteiger partial charge on any atom is -0.444 e. The van der Waals surface area contributed by atoms with E-state index in [4.69, 9.17) is 4.74 Å². The van der Waals surface area contributed by atoms with Gasteiger partial charge in [0, 0.05) is 37.8 Å². The Morgan fingerprint density at radius 2 is 1.73 bits per heavy atom. The monoisotopic (exact) mass is 509 g/mol. The van der Waals surface area contributed by atoms with Crippen molar-refractivity contribution >= 4 is 23.6 Å². The average Bonchev–Trinajstić information content (AvgIpc) is 3.62. The van der Waals surface area contributed by atoms with Crippen LogP contribution in [0.5, 0.6) is 0 Å². The van der Waals surface area contributed by atoms with Gasteiger partial charge in [0.2, 0.25) is 11.8 Å². The molecule has 2 aliphatic heterocycles. The van der Waals surface area contributed by atoms with Crippen LogP contribution in [0.3, 0.4) is 0 Å². The molecule has 2 aliphatic carbocycles. The van der Waals surface area contributed by atoms with Crippen molar-refractivity contribution in [1.82, 2.24) is 9.80 Å². The number of para-hydroxylation sites is 1. The van der Waals surface area contributed by atoms with Crippen LogP contribution >= 0.6 is 0 Å². The van der Waals surface area contributed by atoms with Crippen LogP contribution in [0, 0.1) is 17.8 Å². The number of carbonyl (C=O) groups excluding carboxylic acids is 3. The van der Waals surface area contributed by atoms with E-state index in [0.717, 1.165) is 30.5 Å². The van der Waals surface area contributed by atoms with Gasteiger partial charge in [0.1, 0.15) is 5.60 Å². The van der Waals surface area contributed by atoms with E-state index in [1.807, 2.05) is 49.9 Å². The molecular weight excluding hydrogens is 466 g/mol. The van der Waals surface area contributed by atoms with Gasteiger partial charge in [0.25, 0.3) is 0 Å². The summed E-state index contributed by atoms with van der Waals surface area (Å²) in [5, 5.41) is 2.92. The summed E-state index contributed by atoms with van der Waals surface area (Å²) in [5.41, 5.74) is 1.14. The topological polar surface area (TPSA) is 79.0 Å². The van der Waals surface area contributed by atoms with E-state index < -0.39 is 11.5 Å². The minimum absolute atomic E-state index is 0.0666. The first-order chi connectivity index (χ1) is 17.7. The molecule has 4 aliphatic rings. The number of carbonyl (C=O) groups is 3. The van der Waals surface area contributed by atoms with Gasteiger partial charge in [-0.3, -0.25) is 9.59 Å². The molecule has 3 amide bonds. The molecule has 1 saturated heterocycles. The third-order valence-electron chi connectivity index (χ3n) is 8.59. The van der Waals surface area contributed by atoms with Crippen LogP contribution in [0.2, 0.25) is 0 Å². The van der Waals surface area contributed by atoms with Crippen LogP contribution in [0.25, 0.3) is 0 Å². The fourth-order valence-corrected chi connectivity index (χ4v) is 6.63. The SMILES string of the molecule is CC(C)(C)OC(=O)N1CC(CC2CCCCC2)C(CN(C(=O)C2CC(=O)Nc3ccccc32)C2CC2)C1. The van der Waals surface area contributed by atoms with Crippen molar-refractivity contribution in [3.63, 3.8) is 0 Å². The first-order valence-corrected chi connectivity index (χ1v) is 14.3. The molecule has 0 radical (unpaired) electrons. The van der Waals surface area contributed by atoms with Crippen molar-refractivity contribution in [3.8, 4) is 0 Å². The number of hydrogen-bond donors (Lipinski definition) is 1. The summed E-state index contributed by atoms with van der Waals surface area (Å²) >= 11 is 0. The van der Waals surface area contributed by atoms with E-state index in [-0.39, 0.29) is 36.3 Å². The minimum atomic E-state index is -0.529. The van der Waals surface area contributed by atoms with Crippen LogP contribution in [-0.2, 0) is 14.3 Å². The molecular formula is C30H43N3O4. The summed E-state index contributed by atoms with van der Waals surface area (Å²) in [4.78, 5) is 43.4. The maximum Gasteiger partial charge on any atom is 0.410 e.